The molecular formula is C8H12F3NOS. The van der Waals surface area contributed by atoms with E-state index in [4.69, 9.17) is 0 Å². The van der Waals surface area contributed by atoms with Crippen LogP contribution < -0.4 is 5.32 Å². The first-order chi connectivity index (χ1) is 6.45. The number of thioether (sulfide) groups is 1. The number of nitrogens with one attached hydrogen (secondary N) is 1. The quantitative estimate of drug-likeness (QED) is 0.781. The lowest BCUT2D eigenvalue weighted by atomic mass is 10.2. The van der Waals surface area contributed by atoms with Crippen LogP contribution in [-0.4, -0.2) is 29.6 Å². The molecule has 0 aromatic carbocycles. The molecule has 2 atom stereocenters. The summed E-state index contributed by atoms with van der Waals surface area (Å²) in [4.78, 5) is 10.6. The highest BCUT2D eigenvalue weighted by Crippen LogP contribution is 2.29. The van der Waals surface area contributed by atoms with Gasteiger partial charge in [-0.15, -0.1) is 0 Å². The van der Waals surface area contributed by atoms with E-state index in [9.17, 15) is 18.0 Å². The molecule has 82 valence electrons. The molecule has 1 saturated carbocycles. The summed E-state index contributed by atoms with van der Waals surface area (Å²) in [6, 6.07) is -0.320. The van der Waals surface area contributed by atoms with Gasteiger partial charge in [-0.2, -0.15) is 24.9 Å². The molecule has 2 nitrogen and oxygen atoms in total. The zero-order valence-electron chi connectivity index (χ0n) is 7.73. The van der Waals surface area contributed by atoms with Gasteiger partial charge >= 0.3 is 12.1 Å². The van der Waals surface area contributed by atoms with Crippen LogP contribution in [0, 0.1) is 0 Å². The Labute approximate surface area is 84.6 Å². The first kappa shape index (κ1) is 11.7. The third-order valence-corrected chi connectivity index (χ3v) is 3.50. The number of carbonyl (C=O) groups excluding carboxylic acids is 1. The number of carbonyl (C=O) groups is 1. The minimum absolute atomic E-state index is 0.126. The van der Waals surface area contributed by atoms with Crippen LogP contribution in [0.4, 0.5) is 13.2 Å². The van der Waals surface area contributed by atoms with Gasteiger partial charge in [0.05, 0.1) is 0 Å². The molecule has 6 heteroatoms. The lowest BCUT2D eigenvalue weighted by Crippen LogP contribution is -2.45. The molecule has 0 bridgehead atoms. The van der Waals surface area contributed by atoms with Crippen molar-refractivity contribution in [2.75, 3.05) is 6.26 Å². The van der Waals surface area contributed by atoms with Crippen molar-refractivity contribution in [3.8, 4) is 0 Å². The van der Waals surface area contributed by atoms with Gasteiger partial charge in [-0.3, -0.25) is 4.79 Å². The first-order valence-corrected chi connectivity index (χ1v) is 5.64. The van der Waals surface area contributed by atoms with E-state index in [0.717, 1.165) is 12.8 Å². The van der Waals surface area contributed by atoms with E-state index in [1.54, 1.807) is 0 Å². The minimum Gasteiger partial charge on any atom is -0.344 e. The van der Waals surface area contributed by atoms with Crippen molar-refractivity contribution < 1.29 is 18.0 Å². The molecule has 0 saturated heterocycles. The fourth-order valence-electron chi connectivity index (χ4n) is 1.62. The van der Waals surface area contributed by atoms with Gasteiger partial charge in [-0.1, -0.05) is 6.42 Å². The van der Waals surface area contributed by atoms with E-state index in [0.29, 0.717) is 6.42 Å². The molecule has 1 amide bonds. The highest BCUT2D eigenvalue weighted by atomic mass is 32.2. The molecule has 0 aromatic heterocycles. The second kappa shape index (κ2) is 4.42. The summed E-state index contributed by atoms with van der Waals surface area (Å²) in [5, 5.41) is 2.16. The smallest absolute Gasteiger partial charge is 0.344 e. The Morgan fingerprint density at radius 3 is 2.57 bits per heavy atom. The number of alkyl halides is 3. The van der Waals surface area contributed by atoms with Crippen LogP contribution in [0.3, 0.4) is 0 Å². The molecular weight excluding hydrogens is 215 g/mol. The third kappa shape index (κ3) is 2.80. The molecule has 1 fully saturated rings. The summed E-state index contributed by atoms with van der Waals surface area (Å²) in [6.45, 7) is 0. The zero-order valence-corrected chi connectivity index (χ0v) is 8.54. The summed E-state index contributed by atoms with van der Waals surface area (Å²) in [5.41, 5.74) is 0. The Morgan fingerprint density at radius 2 is 2.07 bits per heavy atom. The predicted octanol–water partition coefficient (Wildman–Crippen LogP) is 1.95. The van der Waals surface area contributed by atoms with Crippen LogP contribution in [0.5, 0.6) is 0 Å². The van der Waals surface area contributed by atoms with Gasteiger partial charge in [0.25, 0.3) is 0 Å². The van der Waals surface area contributed by atoms with Gasteiger partial charge in [0.1, 0.15) is 0 Å². The number of hydrogen-bond acceptors (Lipinski definition) is 2. The SMILES string of the molecule is CSC1CCCC1NC(=O)C(F)(F)F. The van der Waals surface area contributed by atoms with Crippen LogP contribution in [0.15, 0.2) is 0 Å². The standard InChI is InChI=1S/C8H12F3NOS/c1-14-6-4-2-3-5(6)12-7(13)8(9,10)11/h5-6H,2-4H2,1H3,(H,12,13). The van der Waals surface area contributed by atoms with Crippen molar-refractivity contribution in [3.05, 3.63) is 0 Å². The van der Waals surface area contributed by atoms with E-state index in [1.165, 1.54) is 11.8 Å². The van der Waals surface area contributed by atoms with Gasteiger partial charge in [0.15, 0.2) is 0 Å². The maximum absolute atomic E-state index is 11.9. The van der Waals surface area contributed by atoms with Crippen LogP contribution in [0.2, 0.25) is 0 Å². The van der Waals surface area contributed by atoms with Crippen LogP contribution in [0.1, 0.15) is 19.3 Å². The van der Waals surface area contributed by atoms with Crippen molar-refractivity contribution in [2.24, 2.45) is 0 Å². The molecule has 1 aliphatic rings. The van der Waals surface area contributed by atoms with Gasteiger partial charge in [0.2, 0.25) is 0 Å². The second-order valence-electron chi connectivity index (χ2n) is 3.28. The highest BCUT2D eigenvalue weighted by molar-refractivity contribution is 7.99. The van der Waals surface area contributed by atoms with E-state index >= 15 is 0 Å². The Hall–Kier alpha value is -0.390. The van der Waals surface area contributed by atoms with Crippen molar-refractivity contribution in [1.29, 1.82) is 0 Å². The normalized spacial score (nSPS) is 27.7. The Kier molecular flexibility index (Phi) is 3.69. The van der Waals surface area contributed by atoms with Gasteiger partial charge in [0, 0.05) is 11.3 Å². The van der Waals surface area contributed by atoms with E-state index in [-0.39, 0.29) is 11.3 Å². The van der Waals surface area contributed by atoms with Gasteiger partial charge < -0.3 is 5.32 Å². The Morgan fingerprint density at radius 1 is 1.43 bits per heavy atom. The molecule has 1 rings (SSSR count). The maximum atomic E-state index is 11.9. The van der Waals surface area contributed by atoms with E-state index in [2.05, 4.69) is 0 Å². The Bertz CT molecular complexity index is 219. The summed E-state index contributed by atoms with van der Waals surface area (Å²) in [7, 11) is 0. The summed E-state index contributed by atoms with van der Waals surface area (Å²) < 4.78 is 35.7. The van der Waals surface area contributed by atoms with E-state index < -0.39 is 12.1 Å². The molecule has 0 radical (unpaired) electrons. The van der Waals surface area contributed by atoms with Crippen LogP contribution in [-0.2, 0) is 4.79 Å². The summed E-state index contributed by atoms with van der Waals surface area (Å²) in [6.07, 6.45) is -0.500. The molecule has 0 aromatic rings. The predicted molar refractivity (Wildman–Crippen MR) is 49.1 cm³/mol. The summed E-state index contributed by atoms with van der Waals surface area (Å²) in [5.74, 6) is -1.82. The van der Waals surface area contributed by atoms with Crippen molar-refractivity contribution in [2.45, 2.75) is 36.7 Å². The van der Waals surface area contributed by atoms with Crippen molar-refractivity contribution in [1.82, 2.24) is 5.32 Å². The van der Waals surface area contributed by atoms with Crippen molar-refractivity contribution in [3.63, 3.8) is 0 Å². The average Bonchev–Trinajstić information content (AvgIpc) is 2.50. The molecule has 2 unspecified atom stereocenters. The minimum atomic E-state index is -4.76. The number of rotatable bonds is 2. The highest BCUT2D eigenvalue weighted by Gasteiger charge is 2.41. The fraction of sp³-hybridized carbons (Fsp3) is 0.875. The van der Waals surface area contributed by atoms with Gasteiger partial charge in [-0.05, 0) is 19.1 Å². The lowest BCUT2D eigenvalue weighted by Gasteiger charge is -2.19. The largest absolute Gasteiger partial charge is 0.471 e. The maximum Gasteiger partial charge on any atom is 0.471 e. The second-order valence-corrected chi connectivity index (χ2v) is 4.36. The van der Waals surface area contributed by atoms with Crippen molar-refractivity contribution >= 4 is 17.7 Å². The lowest BCUT2D eigenvalue weighted by molar-refractivity contribution is -0.174. The number of amides is 1. The molecule has 0 heterocycles. The average molecular weight is 227 g/mol. The molecule has 0 aliphatic heterocycles. The van der Waals surface area contributed by atoms with Crippen LogP contribution >= 0.6 is 11.8 Å². The molecule has 0 spiro atoms. The Balaban J connectivity index is 2.48. The molecule has 1 N–H and O–H groups in total. The number of halogens is 3. The van der Waals surface area contributed by atoms with Gasteiger partial charge in [-0.25, -0.2) is 0 Å². The third-order valence-electron chi connectivity index (χ3n) is 2.33. The topological polar surface area (TPSA) is 29.1 Å². The monoisotopic (exact) mass is 227 g/mol. The van der Waals surface area contributed by atoms with E-state index in [1.807, 2.05) is 11.6 Å². The zero-order chi connectivity index (χ0) is 10.8. The summed E-state index contributed by atoms with van der Waals surface area (Å²) >= 11 is 1.51. The molecule has 1 aliphatic carbocycles. The molecule has 14 heavy (non-hydrogen) atoms. The number of hydrogen-bond donors (Lipinski definition) is 1. The van der Waals surface area contributed by atoms with Crippen LogP contribution in [0.25, 0.3) is 0 Å². The first-order valence-electron chi connectivity index (χ1n) is 4.35. The fourth-order valence-corrected chi connectivity index (χ4v) is 2.56.